The molecule has 3 N–H and O–H groups in total. The van der Waals surface area contributed by atoms with E-state index < -0.39 is 0 Å². The summed E-state index contributed by atoms with van der Waals surface area (Å²) in [7, 11) is 1.65. The maximum atomic E-state index is 9.11. The van der Waals surface area contributed by atoms with E-state index in [1.54, 1.807) is 14.0 Å². The molecule has 0 aromatic heterocycles. The van der Waals surface area contributed by atoms with Crippen LogP contribution in [0.25, 0.3) is 0 Å². The van der Waals surface area contributed by atoms with Crippen LogP contribution in [0.1, 0.15) is 19.4 Å². The summed E-state index contributed by atoms with van der Waals surface area (Å²) in [6.45, 7) is 7.43. The van der Waals surface area contributed by atoms with E-state index in [0.717, 1.165) is 36.7 Å². The molecule has 22 heavy (non-hydrogen) atoms. The van der Waals surface area contributed by atoms with E-state index in [2.05, 4.69) is 10.6 Å². The van der Waals surface area contributed by atoms with Crippen molar-refractivity contribution in [2.45, 2.75) is 26.5 Å². The summed E-state index contributed by atoms with van der Waals surface area (Å²) in [5.41, 5.74) is 1.15. The van der Waals surface area contributed by atoms with Crippen LogP contribution >= 0.6 is 24.8 Å². The molecule has 1 rings (SSSR count). The largest absolute Gasteiger partial charge is 0.493 e. The third-order valence-corrected chi connectivity index (χ3v) is 2.78. The van der Waals surface area contributed by atoms with Crippen molar-refractivity contribution in [3.05, 3.63) is 23.8 Å². The third-order valence-electron chi connectivity index (χ3n) is 2.78. The first-order chi connectivity index (χ1) is 9.67. The van der Waals surface area contributed by atoms with Crippen LogP contribution in [0.5, 0.6) is 11.5 Å². The summed E-state index contributed by atoms with van der Waals surface area (Å²) in [5, 5.41) is 15.6. The molecule has 0 saturated heterocycles. The van der Waals surface area contributed by atoms with Gasteiger partial charge in [0.15, 0.2) is 11.5 Å². The Labute approximate surface area is 145 Å². The van der Waals surface area contributed by atoms with Gasteiger partial charge in [-0.2, -0.15) is 0 Å². The number of aliphatic hydroxyl groups is 1. The van der Waals surface area contributed by atoms with Gasteiger partial charge in [-0.25, -0.2) is 0 Å². The van der Waals surface area contributed by atoms with Crippen LogP contribution in [0.15, 0.2) is 18.2 Å². The second kappa shape index (κ2) is 13.9. The number of rotatable bonds is 10. The van der Waals surface area contributed by atoms with Crippen molar-refractivity contribution >= 4 is 24.8 Å². The van der Waals surface area contributed by atoms with E-state index >= 15 is 0 Å². The van der Waals surface area contributed by atoms with Crippen molar-refractivity contribution in [3.63, 3.8) is 0 Å². The lowest BCUT2D eigenvalue weighted by atomic mass is 10.2. The van der Waals surface area contributed by atoms with E-state index in [1.807, 2.05) is 25.1 Å². The predicted octanol–water partition coefficient (Wildman–Crippen LogP) is 2.00. The number of aliphatic hydroxyl groups excluding tert-OH is 1. The number of halogens is 2. The smallest absolute Gasteiger partial charge is 0.161 e. The minimum Gasteiger partial charge on any atom is -0.493 e. The highest BCUT2D eigenvalue weighted by atomic mass is 35.5. The van der Waals surface area contributed by atoms with Gasteiger partial charge in [0, 0.05) is 26.2 Å². The van der Waals surface area contributed by atoms with Crippen molar-refractivity contribution in [3.8, 4) is 11.5 Å². The fourth-order valence-corrected chi connectivity index (χ4v) is 1.82. The molecule has 0 aliphatic heterocycles. The van der Waals surface area contributed by atoms with Gasteiger partial charge in [-0.15, -0.1) is 24.8 Å². The van der Waals surface area contributed by atoms with E-state index in [4.69, 9.17) is 14.6 Å². The van der Waals surface area contributed by atoms with E-state index in [9.17, 15) is 0 Å². The number of benzene rings is 1. The normalized spacial score (nSPS) is 11.1. The number of hydrogen-bond acceptors (Lipinski definition) is 5. The molecule has 1 aromatic rings. The molecule has 5 nitrogen and oxygen atoms in total. The number of methoxy groups -OCH3 is 1. The van der Waals surface area contributed by atoms with Crippen molar-refractivity contribution in [2.24, 2.45) is 0 Å². The fourth-order valence-electron chi connectivity index (χ4n) is 1.82. The highest BCUT2D eigenvalue weighted by Crippen LogP contribution is 2.27. The molecule has 0 radical (unpaired) electrons. The van der Waals surface area contributed by atoms with Gasteiger partial charge < -0.3 is 25.2 Å². The summed E-state index contributed by atoms with van der Waals surface area (Å²) in [4.78, 5) is 0. The van der Waals surface area contributed by atoms with Crippen molar-refractivity contribution in [2.75, 3.05) is 33.4 Å². The monoisotopic (exact) mass is 354 g/mol. The minimum atomic E-state index is -0.301. The van der Waals surface area contributed by atoms with E-state index in [-0.39, 0.29) is 30.9 Å². The first-order valence-electron chi connectivity index (χ1n) is 7.06. The summed E-state index contributed by atoms with van der Waals surface area (Å²) in [6, 6.07) is 5.95. The van der Waals surface area contributed by atoms with Gasteiger partial charge in [0.05, 0.1) is 19.8 Å². The minimum absolute atomic E-state index is 0. The molecule has 1 atom stereocenters. The van der Waals surface area contributed by atoms with Crippen molar-refractivity contribution in [1.29, 1.82) is 0 Å². The van der Waals surface area contributed by atoms with Crippen LogP contribution in [0.3, 0.4) is 0 Å². The molecule has 0 bridgehead atoms. The zero-order chi connectivity index (χ0) is 14.8. The molecule has 0 aliphatic carbocycles. The zero-order valence-corrected chi connectivity index (χ0v) is 15.1. The first-order valence-corrected chi connectivity index (χ1v) is 7.06. The van der Waals surface area contributed by atoms with Crippen LogP contribution in [0, 0.1) is 0 Å². The highest BCUT2D eigenvalue weighted by molar-refractivity contribution is 5.85. The summed E-state index contributed by atoms with van der Waals surface area (Å²) < 4.78 is 10.8. The molecule has 0 heterocycles. The standard InChI is InChI=1S/C15H26N2O3.2ClH/c1-4-20-14-6-5-13(9-15(14)19-3)11-17-8-7-16-10-12(2)18;;/h5-6,9,12,16-18H,4,7-8,10-11H2,1-3H3;2*1H. The van der Waals surface area contributed by atoms with Gasteiger partial charge in [-0.3, -0.25) is 0 Å². The van der Waals surface area contributed by atoms with Gasteiger partial charge in [0.2, 0.25) is 0 Å². The highest BCUT2D eigenvalue weighted by Gasteiger charge is 2.04. The predicted molar refractivity (Wildman–Crippen MR) is 94.9 cm³/mol. The van der Waals surface area contributed by atoms with Crippen LogP contribution in [0.2, 0.25) is 0 Å². The lowest BCUT2D eigenvalue weighted by molar-refractivity contribution is 0.191. The molecule has 0 aliphatic rings. The molecule has 7 heteroatoms. The van der Waals surface area contributed by atoms with Crippen LogP contribution in [0.4, 0.5) is 0 Å². The summed E-state index contributed by atoms with van der Waals surface area (Å²) in [6.07, 6.45) is -0.301. The van der Waals surface area contributed by atoms with E-state index in [0.29, 0.717) is 13.2 Å². The molecule has 0 saturated carbocycles. The second-order valence-electron chi connectivity index (χ2n) is 4.65. The van der Waals surface area contributed by atoms with E-state index in [1.165, 1.54) is 0 Å². The van der Waals surface area contributed by atoms with Gasteiger partial charge in [-0.1, -0.05) is 6.07 Å². The third kappa shape index (κ3) is 9.33. The average molecular weight is 355 g/mol. The van der Waals surface area contributed by atoms with Crippen molar-refractivity contribution < 1.29 is 14.6 Å². The first kappa shape index (κ1) is 23.5. The Kier molecular flexibility index (Phi) is 14.9. The van der Waals surface area contributed by atoms with Crippen molar-refractivity contribution in [1.82, 2.24) is 10.6 Å². The Morgan fingerprint density at radius 1 is 1.14 bits per heavy atom. The number of nitrogens with one attached hydrogen (secondary N) is 2. The van der Waals surface area contributed by atoms with Crippen LogP contribution in [-0.2, 0) is 6.54 Å². The molecule has 0 spiro atoms. The second-order valence-corrected chi connectivity index (χ2v) is 4.65. The Morgan fingerprint density at radius 3 is 2.41 bits per heavy atom. The molecule has 0 fully saturated rings. The lowest BCUT2D eigenvalue weighted by Gasteiger charge is -2.12. The summed E-state index contributed by atoms with van der Waals surface area (Å²) in [5.74, 6) is 1.54. The molecule has 1 aromatic carbocycles. The Hall–Kier alpha value is -0.720. The number of hydrogen-bond donors (Lipinski definition) is 3. The Morgan fingerprint density at radius 2 is 1.82 bits per heavy atom. The molecular weight excluding hydrogens is 327 g/mol. The Bertz CT molecular complexity index is 393. The van der Waals surface area contributed by atoms with Gasteiger partial charge in [-0.05, 0) is 31.5 Å². The topological polar surface area (TPSA) is 62.8 Å². The van der Waals surface area contributed by atoms with Crippen LogP contribution in [-0.4, -0.2) is 44.6 Å². The fraction of sp³-hybridized carbons (Fsp3) is 0.600. The maximum Gasteiger partial charge on any atom is 0.161 e. The van der Waals surface area contributed by atoms with Gasteiger partial charge >= 0.3 is 0 Å². The SMILES string of the molecule is CCOc1ccc(CNCCNCC(C)O)cc1OC.Cl.Cl. The molecule has 130 valence electrons. The number of ether oxygens (including phenoxy) is 2. The van der Waals surface area contributed by atoms with Crippen LogP contribution < -0.4 is 20.1 Å². The zero-order valence-electron chi connectivity index (χ0n) is 13.4. The Balaban J connectivity index is 0. The van der Waals surface area contributed by atoms with Gasteiger partial charge in [0.1, 0.15) is 0 Å². The quantitative estimate of drug-likeness (QED) is 0.561. The average Bonchev–Trinajstić information content (AvgIpc) is 2.44. The summed E-state index contributed by atoms with van der Waals surface area (Å²) >= 11 is 0. The molecular formula is C15H28Cl2N2O3. The maximum absolute atomic E-state index is 9.11. The lowest BCUT2D eigenvalue weighted by Crippen LogP contribution is -2.31. The van der Waals surface area contributed by atoms with Gasteiger partial charge in [0.25, 0.3) is 0 Å². The molecule has 1 unspecified atom stereocenters. The molecule has 0 amide bonds.